The number of aromatic nitrogens is 2. The Labute approximate surface area is 171 Å². The molecule has 1 aliphatic heterocycles. The van der Waals surface area contributed by atoms with E-state index in [0.29, 0.717) is 23.7 Å². The van der Waals surface area contributed by atoms with Crippen LogP contribution in [0, 0.1) is 5.41 Å². The van der Waals surface area contributed by atoms with E-state index < -0.39 is 0 Å². The minimum atomic E-state index is -0.0675. The first-order chi connectivity index (χ1) is 12.9. The molecule has 1 saturated carbocycles. The van der Waals surface area contributed by atoms with Gasteiger partial charge in [-0.15, -0.1) is 12.4 Å². The Kier molecular flexibility index (Phi) is 6.10. The molecule has 4 rings (SSSR count). The molecule has 0 radical (unpaired) electrons. The van der Waals surface area contributed by atoms with Crippen LogP contribution in [0.5, 0.6) is 0 Å². The van der Waals surface area contributed by atoms with E-state index in [1.807, 2.05) is 6.07 Å². The van der Waals surface area contributed by atoms with Gasteiger partial charge in [0.2, 0.25) is 0 Å². The second-order valence-corrected chi connectivity index (χ2v) is 8.91. The maximum Gasteiger partial charge on any atom is 0.259 e. The number of carbonyl (C=O) groups excluding carboxylic acids is 1. The number of rotatable bonds is 5. The van der Waals surface area contributed by atoms with Crippen molar-refractivity contribution in [2.45, 2.75) is 52.4 Å². The van der Waals surface area contributed by atoms with Gasteiger partial charge in [-0.05, 0) is 43.7 Å². The highest BCUT2D eigenvalue weighted by Gasteiger charge is 2.30. The van der Waals surface area contributed by atoms with Crippen molar-refractivity contribution in [2.24, 2.45) is 5.41 Å². The zero-order valence-corrected chi connectivity index (χ0v) is 17.6. The molecular weight excluding hydrogens is 376 g/mol. The van der Waals surface area contributed by atoms with Crippen molar-refractivity contribution in [1.29, 1.82) is 0 Å². The van der Waals surface area contributed by atoms with Gasteiger partial charge in [-0.3, -0.25) is 4.79 Å². The third kappa shape index (κ3) is 4.73. The second kappa shape index (κ2) is 8.21. The molecule has 0 saturated heterocycles. The largest absolute Gasteiger partial charge is 0.348 e. The first-order valence-electron chi connectivity index (χ1n) is 9.87. The average molecular weight is 405 g/mol. The Bertz CT molecular complexity index is 894. The fourth-order valence-electron chi connectivity index (χ4n) is 3.54. The average Bonchev–Trinajstić information content (AvgIpc) is 3.41. The van der Waals surface area contributed by atoms with Crippen LogP contribution in [0.4, 0.5) is 0 Å². The van der Waals surface area contributed by atoms with E-state index in [9.17, 15) is 4.79 Å². The summed E-state index contributed by atoms with van der Waals surface area (Å²) < 4.78 is 5.54. The van der Waals surface area contributed by atoms with E-state index in [1.54, 1.807) is 0 Å². The Morgan fingerprint density at radius 1 is 1.36 bits per heavy atom. The Morgan fingerprint density at radius 2 is 2.14 bits per heavy atom. The lowest BCUT2D eigenvalue weighted by Gasteiger charge is -2.17. The lowest BCUT2D eigenvalue weighted by molar-refractivity contribution is 0.0958. The highest BCUT2D eigenvalue weighted by Crippen LogP contribution is 2.40. The number of nitrogens with zero attached hydrogens (tertiary/aromatic N) is 2. The highest BCUT2D eigenvalue weighted by molar-refractivity contribution is 6.06. The van der Waals surface area contributed by atoms with Gasteiger partial charge in [0.05, 0.1) is 16.6 Å². The molecule has 28 heavy (non-hydrogen) atoms. The maximum atomic E-state index is 13.1. The SMILES string of the molecule is CC(C)(C)Cc1noc2nc(C3CC3)cc(C(=O)NCC3=CCNCC3)c12.Cl. The van der Waals surface area contributed by atoms with Crippen LogP contribution >= 0.6 is 12.4 Å². The molecular formula is C21H29ClN4O2. The number of hydrogen-bond donors (Lipinski definition) is 2. The first-order valence-corrected chi connectivity index (χ1v) is 9.87. The molecule has 1 amide bonds. The zero-order chi connectivity index (χ0) is 19.0. The van der Waals surface area contributed by atoms with Gasteiger partial charge in [0, 0.05) is 24.7 Å². The molecule has 0 unspecified atom stereocenters. The summed E-state index contributed by atoms with van der Waals surface area (Å²) in [5.41, 5.74) is 4.23. The lowest BCUT2D eigenvalue weighted by atomic mass is 9.89. The molecule has 6 nitrogen and oxygen atoms in total. The topological polar surface area (TPSA) is 80.0 Å². The van der Waals surface area contributed by atoms with E-state index in [2.05, 4.69) is 47.6 Å². The second-order valence-electron chi connectivity index (χ2n) is 8.91. The van der Waals surface area contributed by atoms with Crippen LogP contribution < -0.4 is 10.6 Å². The van der Waals surface area contributed by atoms with Gasteiger partial charge in [0.1, 0.15) is 0 Å². The van der Waals surface area contributed by atoms with Crippen LogP contribution in [0.3, 0.4) is 0 Å². The molecule has 2 aromatic rings. The van der Waals surface area contributed by atoms with Gasteiger partial charge in [0.15, 0.2) is 0 Å². The summed E-state index contributed by atoms with van der Waals surface area (Å²) in [4.78, 5) is 17.7. The van der Waals surface area contributed by atoms with E-state index >= 15 is 0 Å². The van der Waals surface area contributed by atoms with Crippen molar-refractivity contribution >= 4 is 29.4 Å². The molecule has 2 aromatic heterocycles. The predicted octanol–water partition coefficient (Wildman–Crippen LogP) is 3.76. The molecule has 0 atom stereocenters. The molecule has 0 aromatic carbocycles. The minimum absolute atomic E-state index is 0. The summed E-state index contributed by atoms with van der Waals surface area (Å²) in [6.07, 6.45) is 6.13. The van der Waals surface area contributed by atoms with Crippen molar-refractivity contribution in [3.63, 3.8) is 0 Å². The van der Waals surface area contributed by atoms with Crippen LogP contribution in [0.2, 0.25) is 0 Å². The van der Waals surface area contributed by atoms with Gasteiger partial charge >= 0.3 is 0 Å². The van der Waals surface area contributed by atoms with E-state index in [4.69, 9.17) is 4.52 Å². The van der Waals surface area contributed by atoms with Crippen LogP contribution in [0.1, 0.15) is 67.7 Å². The third-order valence-electron chi connectivity index (χ3n) is 5.11. The molecule has 3 heterocycles. The number of pyridine rings is 1. The van der Waals surface area contributed by atoms with Crippen molar-refractivity contribution in [2.75, 3.05) is 19.6 Å². The van der Waals surface area contributed by atoms with E-state index in [-0.39, 0.29) is 23.7 Å². The predicted molar refractivity (Wildman–Crippen MR) is 112 cm³/mol. The molecule has 1 fully saturated rings. The maximum absolute atomic E-state index is 13.1. The molecule has 0 bridgehead atoms. The molecule has 7 heteroatoms. The van der Waals surface area contributed by atoms with Gasteiger partial charge in [-0.25, -0.2) is 4.98 Å². The van der Waals surface area contributed by atoms with Crippen molar-refractivity contribution in [1.82, 2.24) is 20.8 Å². The summed E-state index contributed by atoms with van der Waals surface area (Å²) >= 11 is 0. The fourth-order valence-corrected chi connectivity index (χ4v) is 3.54. The van der Waals surface area contributed by atoms with Crippen LogP contribution in [-0.4, -0.2) is 35.7 Å². The van der Waals surface area contributed by atoms with Gasteiger partial charge in [-0.1, -0.05) is 37.6 Å². The minimum Gasteiger partial charge on any atom is -0.348 e. The summed E-state index contributed by atoms with van der Waals surface area (Å²) in [6.45, 7) is 8.89. The van der Waals surface area contributed by atoms with E-state index in [1.165, 1.54) is 5.57 Å². The van der Waals surface area contributed by atoms with Crippen LogP contribution in [-0.2, 0) is 6.42 Å². The first kappa shape index (κ1) is 20.8. The Morgan fingerprint density at radius 3 is 2.79 bits per heavy atom. The summed E-state index contributed by atoms with van der Waals surface area (Å²) in [6, 6.07) is 1.95. The number of fused-ring (bicyclic) bond motifs is 1. The summed E-state index contributed by atoms with van der Waals surface area (Å²) in [5.74, 6) is 0.381. The van der Waals surface area contributed by atoms with Crippen LogP contribution in [0.25, 0.3) is 11.1 Å². The monoisotopic (exact) mass is 404 g/mol. The normalized spacial score (nSPS) is 17.2. The number of nitrogens with one attached hydrogen (secondary N) is 2. The van der Waals surface area contributed by atoms with Crippen molar-refractivity contribution in [3.05, 3.63) is 34.7 Å². The van der Waals surface area contributed by atoms with Crippen LogP contribution in [0.15, 0.2) is 22.2 Å². The molecule has 0 spiro atoms. The summed E-state index contributed by atoms with van der Waals surface area (Å²) in [5, 5.41) is 11.4. The third-order valence-corrected chi connectivity index (χ3v) is 5.11. The highest BCUT2D eigenvalue weighted by atomic mass is 35.5. The zero-order valence-electron chi connectivity index (χ0n) is 16.8. The molecule has 2 aliphatic rings. The number of hydrogen-bond acceptors (Lipinski definition) is 5. The molecule has 2 N–H and O–H groups in total. The van der Waals surface area contributed by atoms with Gasteiger partial charge in [0.25, 0.3) is 11.6 Å². The lowest BCUT2D eigenvalue weighted by Crippen LogP contribution is -2.30. The fraction of sp³-hybridized carbons (Fsp3) is 0.571. The molecule has 152 valence electrons. The number of halogens is 1. The Balaban J connectivity index is 0.00000225. The van der Waals surface area contributed by atoms with Gasteiger partial charge < -0.3 is 15.2 Å². The van der Waals surface area contributed by atoms with Crippen molar-refractivity contribution in [3.8, 4) is 0 Å². The quantitative estimate of drug-likeness (QED) is 0.741. The number of carbonyl (C=O) groups is 1. The van der Waals surface area contributed by atoms with E-state index in [0.717, 1.165) is 55.5 Å². The Hall–Kier alpha value is -1.92. The van der Waals surface area contributed by atoms with Crippen molar-refractivity contribution < 1.29 is 9.32 Å². The smallest absolute Gasteiger partial charge is 0.259 e. The van der Waals surface area contributed by atoms with Gasteiger partial charge in [-0.2, -0.15) is 0 Å². The standard InChI is InChI=1S/C21H28N4O2.ClH/c1-21(2,3)11-17-18-15(19(26)23-12-13-6-8-22-9-7-13)10-16(14-4-5-14)24-20(18)27-25-17;/h6,10,14,22H,4-5,7-9,11-12H2,1-3H3,(H,23,26);1H. The number of amides is 1. The molecule has 1 aliphatic carbocycles. The summed E-state index contributed by atoms with van der Waals surface area (Å²) in [7, 11) is 0.